The zero-order chi connectivity index (χ0) is 13.7. The van der Waals surface area contributed by atoms with E-state index in [2.05, 4.69) is 24.3 Å². The SMILES string of the molecule is CC1(O)C2C=CC1C1C=CC2C1COC1CCCCO1. The van der Waals surface area contributed by atoms with Crippen LogP contribution < -0.4 is 0 Å². The Bertz CT molecular complexity index is 408. The standard InChI is InChI=1S/C17H24O3/c1-17(18)14-7-8-15(17)12-6-5-11(14)13(12)10-20-16-4-2-3-9-19-16/h5-8,11-16,18H,2-4,9-10H2,1H3. The van der Waals surface area contributed by atoms with Crippen molar-refractivity contribution in [2.45, 2.75) is 38.1 Å². The summed E-state index contributed by atoms with van der Waals surface area (Å²) in [7, 11) is 0. The van der Waals surface area contributed by atoms with E-state index in [1.807, 2.05) is 6.92 Å². The van der Waals surface area contributed by atoms with Crippen LogP contribution >= 0.6 is 0 Å². The van der Waals surface area contributed by atoms with E-state index in [4.69, 9.17) is 9.47 Å². The fraction of sp³-hybridized carbons (Fsp3) is 0.765. The highest BCUT2D eigenvalue weighted by molar-refractivity contribution is 5.30. The summed E-state index contributed by atoms with van der Waals surface area (Å²) in [6.45, 7) is 3.59. The van der Waals surface area contributed by atoms with E-state index in [1.54, 1.807) is 0 Å². The van der Waals surface area contributed by atoms with Gasteiger partial charge in [-0.2, -0.15) is 0 Å². The number of ether oxygens (including phenoxy) is 2. The maximum Gasteiger partial charge on any atom is 0.157 e. The molecule has 1 heterocycles. The molecule has 0 aromatic carbocycles. The van der Waals surface area contributed by atoms with E-state index in [0.29, 0.717) is 17.8 Å². The normalized spacial score (nSPS) is 52.7. The van der Waals surface area contributed by atoms with Gasteiger partial charge in [-0.05, 0) is 43.9 Å². The molecule has 0 radical (unpaired) electrons. The number of hydrogen-bond acceptors (Lipinski definition) is 3. The van der Waals surface area contributed by atoms with Gasteiger partial charge >= 0.3 is 0 Å². The van der Waals surface area contributed by atoms with Crippen LogP contribution in [0, 0.1) is 29.6 Å². The van der Waals surface area contributed by atoms with Crippen molar-refractivity contribution in [1.29, 1.82) is 0 Å². The van der Waals surface area contributed by atoms with Crippen LogP contribution in [0.2, 0.25) is 0 Å². The smallest absolute Gasteiger partial charge is 0.157 e. The van der Waals surface area contributed by atoms with Gasteiger partial charge in [0.2, 0.25) is 0 Å². The highest BCUT2D eigenvalue weighted by Crippen LogP contribution is 2.57. The Morgan fingerprint density at radius 1 is 1.15 bits per heavy atom. The van der Waals surface area contributed by atoms with Gasteiger partial charge in [0.15, 0.2) is 6.29 Å². The molecule has 5 unspecified atom stereocenters. The van der Waals surface area contributed by atoms with Crippen LogP contribution in [0.25, 0.3) is 0 Å². The molecule has 2 fully saturated rings. The lowest BCUT2D eigenvalue weighted by Crippen LogP contribution is -2.51. The van der Waals surface area contributed by atoms with Gasteiger partial charge in [-0.15, -0.1) is 0 Å². The van der Waals surface area contributed by atoms with E-state index in [9.17, 15) is 5.11 Å². The van der Waals surface area contributed by atoms with Crippen molar-refractivity contribution in [1.82, 2.24) is 0 Å². The predicted octanol–water partition coefficient (Wildman–Crippen LogP) is 2.51. The Hall–Kier alpha value is -0.640. The van der Waals surface area contributed by atoms with Crippen molar-refractivity contribution in [2.24, 2.45) is 29.6 Å². The van der Waals surface area contributed by atoms with E-state index in [0.717, 1.165) is 26.1 Å². The Kier molecular flexibility index (Phi) is 3.06. The molecule has 0 spiro atoms. The molecule has 0 aromatic heterocycles. The molecule has 0 aromatic rings. The van der Waals surface area contributed by atoms with Crippen LogP contribution in [-0.4, -0.2) is 30.2 Å². The minimum Gasteiger partial charge on any atom is -0.389 e. The highest BCUT2D eigenvalue weighted by atomic mass is 16.7. The summed E-state index contributed by atoms with van der Waals surface area (Å²) in [5, 5.41) is 10.7. The maximum atomic E-state index is 10.7. The second-order valence-electron chi connectivity index (χ2n) is 7.00. The highest BCUT2D eigenvalue weighted by Gasteiger charge is 2.58. The molecule has 3 heteroatoms. The summed E-state index contributed by atoms with van der Waals surface area (Å²) in [5.74, 6) is 1.86. The van der Waals surface area contributed by atoms with Crippen LogP contribution in [0.1, 0.15) is 26.2 Å². The molecule has 20 heavy (non-hydrogen) atoms. The first-order chi connectivity index (χ1) is 9.68. The van der Waals surface area contributed by atoms with Crippen molar-refractivity contribution in [3.63, 3.8) is 0 Å². The molecule has 110 valence electrons. The topological polar surface area (TPSA) is 38.7 Å². The second-order valence-corrected chi connectivity index (χ2v) is 7.00. The Labute approximate surface area is 120 Å². The average molecular weight is 276 g/mol. The summed E-state index contributed by atoms with van der Waals surface area (Å²) >= 11 is 0. The molecule has 4 bridgehead atoms. The van der Waals surface area contributed by atoms with Gasteiger partial charge in [0.05, 0.1) is 12.2 Å². The number of rotatable bonds is 3. The quantitative estimate of drug-likeness (QED) is 0.805. The molecule has 3 nitrogen and oxygen atoms in total. The Morgan fingerprint density at radius 3 is 2.45 bits per heavy atom. The predicted molar refractivity (Wildman–Crippen MR) is 75.9 cm³/mol. The van der Waals surface area contributed by atoms with E-state index < -0.39 is 5.60 Å². The van der Waals surface area contributed by atoms with Crippen molar-refractivity contribution < 1.29 is 14.6 Å². The van der Waals surface area contributed by atoms with Gasteiger partial charge in [-0.3, -0.25) is 0 Å². The molecule has 1 N–H and O–H groups in total. The molecule has 4 aliphatic rings. The summed E-state index contributed by atoms with van der Waals surface area (Å²) in [5.41, 5.74) is -0.573. The van der Waals surface area contributed by atoms with Crippen LogP contribution in [0.15, 0.2) is 24.3 Å². The number of hydrogen-bond donors (Lipinski definition) is 1. The minimum atomic E-state index is -0.573. The first-order valence-electron chi connectivity index (χ1n) is 8.00. The number of aliphatic hydroxyl groups is 1. The molecule has 4 rings (SSSR count). The fourth-order valence-corrected chi connectivity index (χ4v) is 4.74. The third-order valence-corrected chi connectivity index (χ3v) is 5.86. The first-order valence-corrected chi connectivity index (χ1v) is 8.00. The summed E-state index contributed by atoms with van der Waals surface area (Å²) in [6.07, 6.45) is 12.5. The summed E-state index contributed by atoms with van der Waals surface area (Å²) < 4.78 is 11.7. The van der Waals surface area contributed by atoms with Gasteiger partial charge in [0, 0.05) is 18.4 Å². The van der Waals surface area contributed by atoms with Crippen molar-refractivity contribution in [2.75, 3.05) is 13.2 Å². The molecule has 1 aliphatic heterocycles. The lowest BCUT2D eigenvalue weighted by molar-refractivity contribution is -0.182. The molecule has 1 saturated heterocycles. The first kappa shape index (κ1) is 13.1. The van der Waals surface area contributed by atoms with E-state index in [-0.39, 0.29) is 18.1 Å². The number of allylic oxidation sites excluding steroid dienone is 2. The Balaban J connectivity index is 1.44. The van der Waals surface area contributed by atoms with E-state index in [1.165, 1.54) is 6.42 Å². The maximum absolute atomic E-state index is 10.7. The van der Waals surface area contributed by atoms with Gasteiger partial charge in [0.1, 0.15) is 0 Å². The molecular weight excluding hydrogens is 252 g/mol. The minimum absolute atomic E-state index is 0.00352. The van der Waals surface area contributed by atoms with Crippen LogP contribution in [-0.2, 0) is 9.47 Å². The molecular formula is C17H24O3. The van der Waals surface area contributed by atoms with E-state index >= 15 is 0 Å². The molecule has 3 aliphatic carbocycles. The van der Waals surface area contributed by atoms with Crippen LogP contribution in [0.3, 0.4) is 0 Å². The second kappa shape index (κ2) is 4.69. The summed E-state index contributed by atoms with van der Waals surface area (Å²) in [6, 6.07) is 0. The Morgan fingerprint density at radius 2 is 1.85 bits per heavy atom. The number of fused-ring (bicyclic) bond motifs is 6. The van der Waals surface area contributed by atoms with Crippen LogP contribution in [0.5, 0.6) is 0 Å². The molecule has 0 amide bonds. The third-order valence-electron chi connectivity index (χ3n) is 5.86. The summed E-state index contributed by atoms with van der Waals surface area (Å²) in [4.78, 5) is 0. The van der Waals surface area contributed by atoms with Crippen LogP contribution in [0.4, 0.5) is 0 Å². The third kappa shape index (κ3) is 1.83. The lowest BCUT2D eigenvalue weighted by Gasteiger charge is -2.46. The molecule has 1 saturated carbocycles. The lowest BCUT2D eigenvalue weighted by atomic mass is 9.62. The van der Waals surface area contributed by atoms with Crippen molar-refractivity contribution >= 4 is 0 Å². The van der Waals surface area contributed by atoms with Crippen molar-refractivity contribution in [3.8, 4) is 0 Å². The largest absolute Gasteiger partial charge is 0.389 e. The zero-order valence-corrected chi connectivity index (χ0v) is 12.1. The fourth-order valence-electron chi connectivity index (χ4n) is 4.74. The van der Waals surface area contributed by atoms with Crippen molar-refractivity contribution in [3.05, 3.63) is 24.3 Å². The monoisotopic (exact) mass is 276 g/mol. The van der Waals surface area contributed by atoms with Gasteiger partial charge < -0.3 is 14.6 Å². The molecule has 5 atom stereocenters. The van der Waals surface area contributed by atoms with Gasteiger partial charge in [-0.1, -0.05) is 24.3 Å². The van der Waals surface area contributed by atoms with Gasteiger partial charge in [-0.25, -0.2) is 0 Å². The van der Waals surface area contributed by atoms with Gasteiger partial charge in [0.25, 0.3) is 0 Å². The zero-order valence-electron chi connectivity index (χ0n) is 12.1. The average Bonchev–Trinajstić information content (AvgIpc) is 2.85.